The Kier molecular flexibility index (Phi) is 5.09. The number of likely N-dealkylation sites (tertiary alicyclic amines) is 1. The van der Waals surface area contributed by atoms with Gasteiger partial charge in [0.25, 0.3) is 5.91 Å². The summed E-state index contributed by atoms with van der Waals surface area (Å²) in [6.45, 7) is 6.31. The maximum absolute atomic E-state index is 12.5. The molecule has 0 aliphatic carbocycles. The Morgan fingerprint density at radius 1 is 1.15 bits per heavy atom. The third-order valence-corrected chi connectivity index (χ3v) is 5.28. The van der Waals surface area contributed by atoms with Gasteiger partial charge in [0.15, 0.2) is 0 Å². The molecule has 110 valence electrons. The number of rotatable bonds is 4. The van der Waals surface area contributed by atoms with Crippen molar-refractivity contribution in [2.75, 3.05) is 13.1 Å². The van der Waals surface area contributed by atoms with E-state index in [0.717, 1.165) is 37.1 Å². The summed E-state index contributed by atoms with van der Waals surface area (Å²) in [6, 6.07) is 7.65. The monoisotopic (exact) mass is 293 g/mol. The van der Waals surface area contributed by atoms with Crippen molar-refractivity contribution >= 4 is 17.5 Å². The van der Waals surface area contributed by atoms with E-state index >= 15 is 0 Å². The largest absolute Gasteiger partial charge is 0.339 e. The average molecular weight is 294 g/mol. The van der Waals surface area contributed by atoms with Crippen LogP contribution in [-0.2, 0) is 5.88 Å². The molecule has 3 heteroatoms. The lowest BCUT2D eigenvalue weighted by atomic mass is 9.74. The lowest BCUT2D eigenvalue weighted by Crippen LogP contribution is -2.42. The fraction of sp³-hybridized carbons (Fsp3) is 0.588. The molecule has 2 nitrogen and oxygen atoms in total. The molecule has 0 atom stereocenters. The maximum Gasteiger partial charge on any atom is 0.253 e. The predicted octanol–water partition coefficient (Wildman–Crippen LogP) is 4.47. The minimum Gasteiger partial charge on any atom is -0.339 e. The molecule has 1 aromatic rings. The average Bonchev–Trinajstić information content (AvgIpc) is 2.54. The summed E-state index contributed by atoms with van der Waals surface area (Å²) in [5, 5.41) is 0. The normalized spacial score (nSPS) is 18.1. The van der Waals surface area contributed by atoms with Crippen molar-refractivity contribution < 1.29 is 4.79 Å². The van der Waals surface area contributed by atoms with E-state index in [2.05, 4.69) is 13.8 Å². The molecule has 20 heavy (non-hydrogen) atoms. The Morgan fingerprint density at radius 2 is 1.70 bits per heavy atom. The summed E-state index contributed by atoms with van der Waals surface area (Å²) < 4.78 is 0. The SMILES string of the molecule is CCC1(CC)CCN(C(=O)c2ccc(CCl)cc2)CC1. The minimum atomic E-state index is 0.159. The van der Waals surface area contributed by atoms with Gasteiger partial charge in [-0.05, 0) is 36.0 Å². The molecule has 0 aromatic heterocycles. The quantitative estimate of drug-likeness (QED) is 0.750. The first-order valence-electron chi connectivity index (χ1n) is 7.58. The van der Waals surface area contributed by atoms with Gasteiger partial charge in [-0.25, -0.2) is 0 Å². The first kappa shape index (κ1) is 15.4. The van der Waals surface area contributed by atoms with Gasteiger partial charge in [-0.1, -0.05) is 38.8 Å². The highest BCUT2D eigenvalue weighted by Gasteiger charge is 2.32. The molecule has 1 aliphatic heterocycles. The summed E-state index contributed by atoms with van der Waals surface area (Å²) >= 11 is 5.78. The van der Waals surface area contributed by atoms with Gasteiger partial charge in [0.2, 0.25) is 0 Å². The van der Waals surface area contributed by atoms with Crippen molar-refractivity contribution in [1.29, 1.82) is 0 Å². The van der Waals surface area contributed by atoms with Crippen LogP contribution in [0.5, 0.6) is 0 Å². The second-order valence-electron chi connectivity index (χ2n) is 5.83. The highest BCUT2D eigenvalue weighted by molar-refractivity contribution is 6.17. The summed E-state index contributed by atoms with van der Waals surface area (Å²) in [4.78, 5) is 14.5. The van der Waals surface area contributed by atoms with Crippen molar-refractivity contribution in [1.82, 2.24) is 4.90 Å². The van der Waals surface area contributed by atoms with Gasteiger partial charge >= 0.3 is 0 Å². The van der Waals surface area contributed by atoms with Gasteiger partial charge < -0.3 is 4.90 Å². The van der Waals surface area contributed by atoms with Crippen molar-refractivity contribution in [3.05, 3.63) is 35.4 Å². The molecule has 1 amide bonds. The second kappa shape index (κ2) is 6.62. The van der Waals surface area contributed by atoms with Crippen LogP contribution in [0.1, 0.15) is 55.5 Å². The Hall–Kier alpha value is -1.02. The van der Waals surface area contributed by atoms with Crippen molar-refractivity contribution in [2.45, 2.75) is 45.4 Å². The van der Waals surface area contributed by atoms with Crippen LogP contribution in [0.15, 0.2) is 24.3 Å². The lowest BCUT2D eigenvalue weighted by molar-refractivity contribution is 0.0558. The standard InChI is InChI=1S/C17H24ClNO/c1-3-17(4-2)9-11-19(12-10-17)16(20)15-7-5-14(13-18)6-8-15/h5-8H,3-4,9-13H2,1-2H3. The third-order valence-electron chi connectivity index (χ3n) is 4.97. The predicted molar refractivity (Wildman–Crippen MR) is 84.2 cm³/mol. The molecule has 0 radical (unpaired) electrons. The van der Waals surface area contributed by atoms with Crippen LogP contribution in [0.3, 0.4) is 0 Å². The van der Waals surface area contributed by atoms with Gasteiger partial charge in [-0.2, -0.15) is 0 Å². The number of carbonyl (C=O) groups excluding carboxylic acids is 1. The molecule has 0 spiro atoms. The Labute approximate surface area is 127 Å². The van der Waals surface area contributed by atoms with Crippen LogP contribution < -0.4 is 0 Å². The van der Waals surface area contributed by atoms with Gasteiger partial charge in [-0.3, -0.25) is 4.79 Å². The van der Waals surface area contributed by atoms with Crippen molar-refractivity contribution in [3.63, 3.8) is 0 Å². The summed E-state index contributed by atoms with van der Waals surface area (Å²) in [5.74, 6) is 0.653. The van der Waals surface area contributed by atoms with Gasteiger partial charge in [0, 0.05) is 24.5 Å². The Bertz CT molecular complexity index is 441. The smallest absolute Gasteiger partial charge is 0.253 e. The molecule has 1 aromatic carbocycles. The first-order valence-corrected chi connectivity index (χ1v) is 8.12. The van der Waals surface area contributed by atoms with Crippen LogP contribution in [0.2, 0.25) is 0 Å². The number of piperidine rings is 1. The van der Waals surface area contributed by atoms with Crippen LogP contribution in [-0.4, -0.2) is 23.9 Å². The molecule has 2 rings (SSSR count). The fourth-order valence-corrected chi connectivity index (χ4v) is 3.24. The number of nitrogens with zero attached hydrogens (tertiary/aromatic N) is 1. The van der Waals surface area contributed by atoms with E-state index in [1.54, 1.807) is 0 Å². The van der Waals surface area contributed by atoms with Gasteiger partial charge in [0.1, 0.15) is 0 Å². The van der Waals surface area contributed by atoms with E-state index in [1.165, 1.54) is 12.8 Å². The number of carbonyl (C=O) groups is 1. The van der Waals surface area contributed by atoms with Crippen LogP contribution in [0.4, 0.5) is 0 Å². The molecular formula is C17H24ClNO. The fourth-order valence-electron chi connectivity index (χ4n) is 3.06. The highest BCUT2D eigenvalue weighted by atomic mass is 35.5. The number of hydrogen-bond acceptors (Lipinski definition) is 1. The molecule has 0 bridgehead atoms. The first-order chi connectivity index (χ1) is 9.64. The molecule has 1 heterocycles. The molecule has 0 N–H and O–H groups in total. The van der Waals surface area contributed by atoms with E-state index in [9.17, 15) is 4.79 Å². The number of alkyl halides is 1. The Morgan fingerprint density at radius 3 is 2.15 bits per heavy atom. The summed E-state index contributed by atoms with van der Waals surface area (Å²) in [6.07, 6.45) is 4.70. The van der Waals surface area contributed by atoms with Gasteiger partial charge in [0.05, 0.1) is 0 Å². The van der Waals surface area contributed by atoms with Crippen LogP contribution >= 0.6 is 11.6 Å². The number of amides is 1. The zero-order valence-corrected chi connectivity index (χ0v) is 13.2. The minimum absolute atomic E-state index is 0.159. The van der Waals surface area contributed by atoms with E-state index in [0.29, 0.717) is 11.3 Å². The Balaban J connectivity index is 2.00. The zero-order chi connectivity index (χ0) is 14.6. The summed E-state index contributed by atoms with van der Waals surface area (Å²) in [7, 11) is 0. The molecule has 0 unspecified atom stereocenters. The van der Waals surface area contributed by atoms with E-state index < -0.39 is 0 Å². The molecule has 0 saturated carbocycles. The number of halogens is 1. The van der Waals surface area contributed by atoms with Crippen LogP contribution in [0.25, 0.3) is 0 Å². The third kappa shape index (κ3) is 3.17. The number of hydrogen-bond donors (Lipinski definition) is 0. The van der Waals surface area contributed by atoms with Gasteiger partial charge in [-0.15, -0.1) is 11.6 Å². The molecule has 1 saturated heterocycles. The maximum atomic E-state index is 12.5. The lowest BCUT2D eigenvalue weighted by Gasteiger charge is -2.41. The topological polar surface area (TPSA) is 20.3 Å². The number of benzene rings is 1. The molecule has 1 aliphatic rings. The highest BCUT2D eigenvalue weighted by Crippen LogP contribution is 2.38. The van der Waals surface area contributed by atoms with Crippen LogP contribution in [0, 0.1) is 5.41 Å². The van der Waals surface area contributed by atoms with E-state index in [4.69, 9.17) is 11.6 Å². The van der Waals surface area contributed by atoms with E-state index in [-0.39, 0.29) is 5.91 Å². The van der Waals surface area contributed by atoms with E-state index in [1.807, 2.05) is 29.2 Å². The summed E-state index contributed by atoms with van der Waals surface area (Å²) in [5.41, 5.74) is 2.29. The van der Waals surface area contributed by atoms with Crippen molar-refractivity contribution in [2.24, 2.45) is 5.41 Å². The molecular weight excluding hydrogens is 270 g/mol. The zero-order valence-electron chi connectivity index (χ0n) is 12.5. The van der Waals surface area contributed by atoms with Crippen molar-refractivity contribution in [3.8, 4) is 0 Å². The second-order valence-corrected chi connectivity index (χ2v) is 6.10. The molecule has 1 fully saturated rings.